The van der Waals surface area contributed by atoms with Crippen molar-refractivity contribution >= 4 is 17.6 Å². The predicted molar refractivity (Wildman–Crippen MR) is 57.3 cm³/mol. The Labute approximate surface area is 92.6 Å². The summed E-state index contributed by atoms with van der Waals surface area (Å²) in [5.74, 6) is 1.73. The molecule has 0 aliphatic carbocycles. The second kappa shape index (κ2) is 4.72. The van der Waals surface area contributed by atoms with Crippen LogP contribution in [0, 0.1) is 12.3 Å². The standard InChI is InChI=1S/C11H9ClO3/c1-3-7(2)15-10-5-4-8(11(13)14)6-9(10)12/h1,4-7H,2H3,(H,13,14). The zero-order chi connectivity index (χ0) is 11.4. The Morgan fingerprint density at radius 3 is 2.80 bits per heavy atom. The molecule has 1 unspecified atom stereocenters. The minimum absolute atomic E-state index is 0.112. The van der Waals surface area contributed by atoms with Crippen molar-refractivity contribution in [1.29, 1.82) is 0 Å². The van der Waals surface area contributed by atoms with Gasteiger partial charge in [-0.3, -0.25) is 0 Å². The Bertz CT molecular complexity index is 420. The van der Waals surface area contributed by atoms with E-state index in [-0.39, 0.29) is 10.6 Å². The van der Waals surface area contributed by atoms with Gasteiger partial charge in [0.05, 0.1) is 10.6 Å². The molecule has 0 amide bonds. The molecule has 78 valence electrons. The van der Waals surface area contributed by atoms with Gasteiger partial charge >= 0.3 is 5.97 Å². The second-order valence-electron chi connectivity index (χ2n) is 2.88. The van der Waals surface area contributed by atoms with Gasteiger partial charge < -0.3 is 9.84 Å². The van der Waals surface area contributed by atoms with Gasteiger partial charge in [0.15, 0.2) is 6.10 Å². The van der Waals surface area contributed by atoms with Crippen molar-refractivity contribution in [2.75, 3.05) is 0 Å². The average molecular weight is 225 g/mol. The number of rotatable bonds is 3. The first kappa shape index (κ1) is 11.4. The molecule has 0 aliphatic rings. The maximum Gasteiger partial charge on any atom is 0.335 e. The maximum atomic E-state index is 10.6. The fraction of sp³-hybridized carbons (Fsp3) is 0.182. The van der Waals surface area contributed by atoms with Crippen molar-refractivity contribution in [3.05, 3.63) is 28.8 Å². The van der Waals surface area contributed by atoms with Crippen molar-refractivity contribution in [3.8, 4) is 18.1 Å². The molecule has 1 aromatic carbocycles. The van der Waals surface area contributed by atoms with E-state index >= 15 is 0 Å². The van der Waals surface area contributed by atoms with Crippen LogP contribution in [-0.2, 0) is 0 Å². The Morgan fingerprint density at radius 1 is 1.67 bits per heavy atom. The molecule has 15 heavy (non-hydrogen) atoms. The number of aromatic carboxylic acids is 1. The second-order valence-corrected chi connectivity index (χ2v) is 3.28. The van der Waals surface area contributed by atoms with Crippen LogP contribution in [0.1, 0.15) is 17.3 Å². The number of carboxylic acid groups (broad SMARTS) is 1. The number of hydrogen-bond acceptors (Lipinski definition) is 2. The Morgan fingerprint density at radius 2 is 2.33 bits per heavy atom. The van der Waals surface area contributed by atoms with Gasteiger partial charge in [0.25, 0.3) is 0 Å². The fourth-order valence-corrected chi connectivity index (χ4v) is 1.18. The summed E-state index contributed by atoms with van der Waals surface area (Å²) < 4.78 is 5.27. The largest absolute Gasteiger partial charge is 0.478 e. The van der Waals surface area contributed by atoms with Crippen LogP contribution in [0.5, 0.6) is 5.75 Å². The van der Waals surface area contributed by atoms with Crippen molar-refractivity contribution < 1.29 is 14.6 Å². The molecule has 0 bridgehead atoms. The number of ether oxygens (including phenoxy) is 1. The van der Waals surface area contributed by atoms with Gasteiger partial charge in [0.1, 0.15) is 5.75 Å². The third kappa shape index (κ3) is 2.90. The van der Waals surface area contributed by atoms with Gasteiger partial charge in [-0.1, -0.05) is 17.5 Å². The van der Waals surface area contributed by atoms with E-state index in [1.807, 2.05) is 0 Å². The number of carbonyl (C=O) groups is 1. The molecule has 0 aliphatic heterocycles. The molecule has 0 saturated carbocycles. The van der Waals surface area contributed by atoms with Gasteiger partial charge in [-0.25, -0.2) is 4.79 Å². The fourth-order valence-electron chi connectivity index (χ4n) is 0.954. The molecule has 1 aromatic rings. The molecular formula is C11H9ClO3. The van der Waals surface area contributed by atoms with Crippen molar-refractivity contribution in [3.63, 3.8) is 0 Å². The summed E-state index contributed by atoms with van der Waals surface area (Å²) in [6.07, 6.45) is 4.73. The third-order valence-electron chi connectivity index (χ3n) is 1.72. The molecule has 1 N–H and O–H groups in total. The number of halogens is 1. The van der Waals surface area contributed by atoms with Crippen molar-refractivity contribution in [2.45, 2.75) is 13.0 Å². The average Bonchev–Trinajstić information content (AvgIpc) is 2.20. The minimum Gasteiger partial charge on any atom is -0.478 e. The van der Waals surface area contributed by atoms with Crippen LogP contribution in [0.4, 0.5) is 0 Å². The summed E-state index contributed by atoms with van der Waals surface area (Å²) in [6.45, 7) is 1.70. The van der Waals surface area contributed by atoms with Crippen LogP contribution < -0.4 is 4.74 Å². The SMILES string of the molecule is C#CC(C)Oc1ccc(C(=O)O)cc1Cl. The van der Waals surface area contributed by atoms with Crippen LogP contribution in [-0.4, -0.2) is 17.2 Å². The monoisotopic (exact) mass is 224 g/mol. The van der Waals surface area contributed by atoms with Crippen LogP contribution in [0.2, 0.25) is 5.02 Å². The predicted octanol–water partition coefficient (Wildman–Crippen LogP) is 2.44. The van der Waals surface area contributed by atoms with Crippen LogP contribution in [0.3, 0.4) is 0 Å². The van der Waals surface area contributed by atoms with E-state index in [1.54, 1.807) is 6.92 Å². The molecule has 3 nitrogen and oxygen atoms in total. The van der Waals surface area contributed by atoms with Crippen LogP contribution in [0.25, 0.3) is 0 Å². The highest BCUT2D eigenvalue weighted by Gasteiger charge is 2.09. The molecule has 0 fully saturated rings. The summed E-state index contributed by atoms with van der Waals surface area (Å²) in [7, 11) is 0. The quantitative estimate of drug-likeness (QED) is 0.803. The van der Waals surface area contributed by atoms with E-state index in [4.69, 9.17) is 27.9 Å². The Balaban J connectivity index is 2.94. The molecular weight excluding hydrogens is 216 g/mol. The molecule has 4 heteroatoms. The molecule has 0 aromatic heterocycles. The highest BCUT2D eigenvalue weighted by molar-refractivity contribution is 6.32. The first-order valence-corrected chi connectivity index (χ1v) is 4.58. The minimum atomic E-state index is -1.03. The van der Waals surface area contributed by atoms with E-state index in [0.29, 0.717) is 5.75 Å². The van der Waals surface area contributed by atoms with Gasteiger partial charge in [0.2, 0.25) is 0 Å². The van der Waals surface area contributed by atoms with Crippen LogP contribution >= 0.6 is 11.6 Å². The van der Waals surface area contributed by atoms with Gasteiger partial charge in [-0.05, 0) is 25.1 Å². The molecule has 1 rings (SSSR count). The zero-order valence-corrected chi connectivity index (χ0v) is 8.78. The van der Waals surface area contributed by atoms with Gasteiger partial charge in [-0.2, -0.15) is 0 Å². The zero-order valence-electron chi connectivity index (χ0n) is 8.03. The normalized spacial score (nSPS) is 11.5. The molecule has 0 radical (unpaired) electrons. The van der Waals surface area contributed by atoms with E-state index in [0.717, 1.165) is 0 Å². The third-order valence-corrected chi connectivity index (χ3v) is 2.01. The van der Waals surface area contributed by atoms with Crippen molar-refractivity contribution in [1.82, 2.24) is 0 Å². The maximum absolute atomic E-state index is 10.6. The van der Waals surface area contributed by atoms with Gasteiger partial charge in [-0.15, -0.1) is 6.42 Å². The van der Waals surface area contributed by atoms with E-state index in [2.05, 4.69) is 5.92 Å². The van der Waals surface area contributed by atoms with E-state index in [9.17, 15) is 4.79 Å². The lowest BCUT2D eigenvalue weighted by Crippen LogP contribution is -2.08. The summed E-state index contributed by atoms with van der Waals surface area (Å²) in [5, 5.41) is 8.93. The lowest BCUT2D eigenvalue weighted by Gasteiger charge is -2.10. The lowest BCUT2D eigenvalue weighted by molar-refractivity contribution is 0.0697. The molecule has 0 heterocycles. The highest BCUT2D eigenvalue weighted by Crippen LogP contribution is 2.26. The number of benzene rings is 1. The summed E-state index contributed by atoms with van der Waals surface area (Å²) in [5.41, 5.74) is 0.112. The first-order chi connectivity index (χ1) is 7.04. The summed E-state index contributed by atoms with van der Waals surface area (Å²) >= 11 is 5.82. The molecule has 1 atom stereocenters. The highest BCUT2D eigenvalue weighted by atomic mass is 35.5. The smallest absolute Gasteiger partial charge is 0.335 e. The summed E-state index contributed by atoms with van der Waals surface area (Å²) in [6, 6.07) is 4.22. The Hall–Kier alpha value is -1.66. The topological polar surface area (TPSA) is 46.5 Å². The molecule has 0 saturated heterocycles. The van der Waals surface area contributed by atoms with E-state index < -0.39 is 12.1 Å². The number of hydrogen-bond donors (Lipinski definition) is 1. The Kier molecular flexibility index (Phi) is 3.59. The van der Waals surface area contributed by atoms with E-state index in [1.165, 1.54) is 18.2 Å². The first-order valence-electron chi connectivity index (χ1n) is 4.20. The number of carboxylic acids is 1. The van der Waals surface area contributed by atoms with Crippen LogP contribution in [0.15, 0.2) is 18.2 Å². The van der Waals surface area contributed by atoms with Gasteiger partial charge in [0, 0.05) is 0 Å². The van der Waals surface area contributed by atoms with Crippen molar-refractivity contribution in [2.24, 2.45) is 0 Å². The summed E-state index contributed by atoms with van der Waals surface area (Å²) in [4.78, 5) is 10.6. The molecule has 0 spiro atoms. The lowest BCUT2D eigenvalue weighted by atomic mass is 10.2. The number of terminal acetylenes is 1.